The summed E-state index contributed by atoms with van der Waals surface area (Å²) in [6.07, 6.45) is 0.846. The maximum atomic E-state index is 12.7. The number of benzene rings is 2. The first-order valence-electron chi connectivity index (χ1n) is 8.50. The van der Waals surface area contributed by atoms with Crippen molar-refractivity contribution in [3.8, 4) is 5.75 Å². The lowest BCUT2D eigenvalue weighted by atomic mass is 9.96. The van der Waals surface area contributed by atoms with Crippen LogP contribution < -0.4 is 10.1 Å². The smallest absolute Gasteiger partial charge is 0.287 e. The summed E-state index contributed by atoms with van der Waals surface area (Å²) in [6, 6.07) is 17.1. The van der Waals surface area contributed by atoms with E-state index in [4.69, 9.17) is 9.15 Å². The molecule has 0 aliphatic heterocycles. The highest BCUT2D eigenvalue weighted by Gasteiger charge is 2.19. The zero-order chi connectivity index (χ0) is 17.8. The molecule has 4 nitrogen and oxygen atoms in total. The van der Waals surface area contributed by atoms with Crippen LogP contribution in [0.4, 0.5) is 0 Å². The maximum absolute atomic E-state index is 12.7. The predicted molar refractivity (Wildman–Crippen MR) is 98.9 cm³/mol. The molecule has 0 radical (unpaired) electrons. The standard InChI is InChI=1S/C21H23NO3/c1-14(2)12-18(15-8-10-17(24-3)11-9-15)22-21(23)20-13-16-6-4-5-7-19(16)25-20/h4-11,13-14,18H,12H2,1-3H3,(H,22,23)/t18-/m1/s1. The molecule has 0 unspecified atom stereocenters. The van der Waals surface area contributed by atoms with Gasteiger partial charge in [0, 0.05) is 5.39 Å². The summed E-state index contributed by atoms with van der Waals surface area (Å²) in [6.45, 7) is 4.29. The Morgan fingerprint density at radius 3 is 2.48 bits per heavy atom. The van der Waals surface area contributed by atoms with Crippen LogP contribution in [0.25, 0.3) is 11.0 Å². The van der Waals surface area contributed by atoms with Crippen molar-refractivity contribution >= 4 is 16.9 Å². The third kappa shape index (κ3) is 4.02. The summed E-state index contributed by atoms with van der Waals surface area (Å²) < 4.78 is 10.9. The minimum atomic E-state index is -0.197. The highest BCUT2D eigenvalue weighted by atomic mass is 16.5. The second-order valence-corrected chi connectivity index (χ2v) is 6.58. The molecule has 0 saturated heterocycles. The normalized spacial score (nSPS) is 12.3. The summed E-state index contributed by atoms with van der Waals surface area (Å²) in [7, 11) is 1.64. The largest absolute Gasteiger partial charge is 0.497 e. The molecule has 25 heavy (non-hydrogen) atoms. The quantitative estimate of drug-likeness (QED) is 0.692. The molecule has 1 amide bonds. The van der Waals surface area contributed by atoms with Crippen LogP contribution >= 0.6 is 0 Å². The van der Waals surface area contributed by atoms with Gasteiger partial charge in [0.1, 0.15) is 11.3 Å². The van der Waals surface area contributed by atoms with Gasteiger partial charge in [-0.1, -0.05) is 44.2 Å². The number of fused-ring (bicyclic) bond motifs is 1. The average Bonchev–Trinajstić information content (AvgIpc) is 3.05. The fraction of sp³-hybridized carbons (Fsp3) is 0.286. The molecule has 1 heterocycles. The Labute approximate surface area is 147 Å². The number of methoxy groups -OCH3 is 1. The lowest BCUT2D eigenvalue weighted by Gasteiger charge is -2.21. The molecule has 1 N–H and O–H groups in total. The number of para-hydroxylation sites is 1. The first-order valence-corrected chi connectivity index (χ1v) is 8.50. The van der Waals surface area contributed by atoms with Gasteiger partial charge in [0.2, 0.25) is 0 Å². The number of furan rings is 1. The number of hydrogen-bond donors (Lipinski definition) is 1. The van der Waals surface area contributed by atoms with Crippen molar-refractivity contribution in [1.82, 2.24) is 5.32 Å². The zero-order valence-electron chi connectivity index (χ0n) is 14.8. The van der Waals surface area contributed by atoms with Crippen LogP contribution in [-0.2, 0) is 0 Å². The van der Waals surface area contributed by atoms with Crippen LogP contribution in [-0.4, -0.2) is 13.0 Å². The Balaban J connectivity index is 1.82. The van der Waals surface area contributed by atoms with E-state index in [1.807, 2.05) is 48.5 Å². The molecule has 0 aliphatic carbocycles. The molecule has 3 aromatic rings. The predicted octanol–water partition coefficient (Wildman–Crippen LogP) is 4.96. The van der Waals surface area contributed by atoms with Gasteiger partial charge in [-0.3, -0.25) is 4.79 Å². The summed E-state index contributed by atoms with van der Waals surface area (Å²) >= 11 is 0. The molecule has 3 rings (SSSR count). The SMILES string of the molecule is COc1ccc([C@@H](CC(C)C)NC(=O)c2cc3ccccc3o2)cc1. The van der Waals surface area contributed by atoms with Crippen LogP contribution in [0, 0.1) is 5.92 Å². The number of nitrogens with one attached hydrogen (secondary N) is 1. The summed E-state index contributed by atoms with van der Waals surface area (Å²) in [5.74, 6) is 1.39. The first kappa shape index (κ1) is 17.1. The second-order valence-electron chi connectivity index (χ2n) is 6.58. The lowest BCUT2D eigenvalue weighted by Crippen LogP contribution is -2.29. The molecular formula is C21H23NO3. The van der Waals surface area contributed by atoms with E-state index < -0.39 is 0 Å². The van der Waals surface area contributed by atoms with Crippen molar-refractivity contribution < 1.29 is 13.9 Å². The molecule has 130 valence electrons. The third-order valence-corrected chi connectivity index (χ3v) is 4.18. The molecule has 0 saturated carbocycles. The Morgan fingerprint density at radius 2 is 1.84 bits per heavy atom. The van der Waals surface area contributed by atoms with E-state index in [0.29, 0.717) is 11.7 Å². The molecule has 1 aromatic heterocycles. The Hall–Kier alpha value is -2.75. The monoisotopic (exact) mass is 337 g/mol. The Morgan fingerprint density at radius 1 is 1.12 bits per heavy atom. The molecule has 1 atom stereocenters. The van der Waals surface area contributed by atoms with Gasteiger partial charge >= 0.3 is 0 Å². The summed E-state index contributed by atoms with van der Waals surface area (Å²) in [5, 5.41) is 4.03. The maximum Gasteiger partial charge on any atom is 0.287 e. The van der Waals surface area contributed by atoms with E-state index >= 15 is 0 Å². The topological polar surface area (TPSA) is 51.5 Å². The highest BCUT2D eigenvalue weighted by Crippen LogP contribution is 2.25. The molecule has 0 spiro atoms. The van der Waals surface area contributed by atoms with Gasteiger partial charge in [0.05, 0.1) is 13.2 Å². The van der Waals surface area contributed by atoms with Crippen molar-refractivity contribution in [1.29, 1.82) is 0 Å². The molecular weight excluding hydrogens is 314 g/mol. The van der Waals surface area contributed by atoms with Crippen LogP contribution in [0.2, 0.25) is 0 Å². The molecule has 2 aromatic carbocycles. The van der Waals surface area contributed by atoms with Gasteiger partial charge in [0.15, 0.2) is 5.76 Å². The van der Waals surface area contributed by atoms with Gasteiger partial charge in [-0.2, -0.15) is 0 Å². The van der Waals surface area contributed by atoms with Crippen molar-refractivity contribution in [2.75, 3.05) is 7.11 Å². The Bertz CT molecular complexity index is 816. The number of amides is 1. The van der Waals surface area contributed by atoms with E-state index in [2.05, 4.69) is 19.2 Å². The van der Waals surface area contributed by atoms with E-state index in [-0.39, 0.29) is 11.9 Å². The van der Waals surface area contributed by atoms with Crippen molar-refractivity contribution in [3.63, 3.8) is 0 Å². The van der Waals surface area contributed by atoms with Crippen molar-refractivity contribution in [2.24, 2.45) is 5.92 Å². The summed E-state index contributed by atoms with van der Waals surface area (Å²) in [4.78, 5) is 12.7. The third-order valence-electron chi connectivity index (χ3n) is 4.18. The van der Waals surface area contributed by atoms with Crippen molar-refractivity contribution in [3.05, 3.63) is 65.9 Å². The fourth-order valence-corrected chi connectivity index (χ4v) is 2.91. The fourth-order valence-electron chi connectivity index (χ4n) is 2.91. The molecule has 4 heteroatoms. The Kier molecular flexibility index (Phi) is 5.08. The van der Waals surface area contributed by atoms with Gasteiger partial charge < -0.3 is 14.5 Å². The molecule has 0 aliphatic rings. The van der Waals surface area contributed by atoms with Crippen LogP contribution in [0.15, 0.2) is 59.0 Å². The minimum absolute atomic E-state index is 0.0772. The first-order chi connectivity index (χ1) is 12.1. The van der Waals surface area contributed by atoms with E-state index in [1.54, 1.807) is 13.2 Å². The number of hydrogen-bond acceptors (Lipinski definition) is 3. The minimum Gasteiger partial charge on any atom is -0.497 e. The second kappa shape index (κ2) is 7.43. The van der Waals surface area contributed by atoms with Gasteiger partial charge in [-0.05, 0) is 42.2 Å². The van der Waals surface area contributed by atoms with Crippen molar-refractivity contribution in [2.45, 2.75) is 26.3 Å². The average molecular weight is 337 g/mol. The number of rotatable bonds is 6. The highest BCUT2D eigenvalue weighted by molar-refractivity contribution is 5.96. The van der Waals surface area contributed by atoms with Crippen LogP contribution in [0.1, 0.15) is 42.4 Å². The summed E-state index contributed by atoms with van der Waals surface area (Å²) in [5.41, 5.74) is 1.77. The molecule has 0 fully saturated rings. The molecule has 0 bridgehead atoms. The van der Waals surface area contributed by atoms with Gasteiger partial charge in [0.25, 0.3) is 5.91 Å². The van der Waals surface area contributed by atoms with E-state index in [1.165, 1.54) is 0 Å². The van der Waals surface area contributed by atoms with Crippen LogP contribution in [0.5, 0.6) is 5.75 Å². The number of carbonyl (C=O) groups is 1. The lowest BCUT2D eigenvalue weighted by molar-refractivity contribution is 0.0906. The van der Waals surface area contributed by atoms with Crippen LogP contribution in [0.3, 0.4) is 0 Å². The number of carbonyl (C=O) groups excluding carboxylic acids is 1. The van der Waals surface area contributed by atoms with Gasteiger partial charge in [-0.25, -0.2) is 0 Å². The van der Waals surface area contributed by atoms with Gasteiger partial charge in [-0.15, -0.1) is 0 Å². The van der Waals surface area contributed by atoms with E-state index in [9.17, 15) is 4.79 Å². The van der Waals surface area contributed by atoms with E-state index in [0.717, 1.165) is 28.7 Å². The number of ether oxygens (including phenoxy) is 1. The zero-order valence-corrected chi connectivity index (χ0v) is 14.8.